The Labute approximate surface area is 127 Å². The first-order valence-electron chi connectivity index (χ1n) is 7.92. The number of Topliss-reactive ketones (excluding diaryl/α,β-unsaturated/α-hetero) is 1. The molecule has 0 spiro atoms. The summed E-state index contributed by atoms with van der Waals surface area (Å²) in [5.41, 5.74) is 4.03. The molecule has 2 aromatic carbocycles. The number of benzene rings is 2. The van der Waals surface area contributed by atoms with E-state index in [2.05, 4.69) is 44.2 Å². The molecule has 0 saturated heterocycles. The van der Waals surface area contributed by atoms with Crippen LogP contribution in [0, 0.1) is 0 Å². The van der Waals surface area contributed by atoms with Crippen LogP contribution in [0.15, 0.2) is 48.5 Å². The Hall–Kier alpha value is -1.89. The van der Waals surface area contributed by atoms with Crippen LogP contribution in [0.5, 0.6) is 0 Å². The maximum Gasteiger partial charge on any atom is 0.173 e. The van der Waals surface area contributed by atoms with Crippen LogP contribution < -0.4 is 0 Å². The summed E-state index contributed by atoms with van der Waals surface area (Å²) in [5, 5.41) is 0. The van der Waals surface area contributed by atoms with Crippen molar-refractivity contribution in [2.75, 3.05) is 0 Å². The minimum Gasteiger partial charge on any atom is -0.293 e. The maximum absolute atomic E-state index is 13.1. The van der Waals surface area contributed by atoms with E-state index in [0.717, 1.165) is 24.0 Å². The third-order valence-corrected chi connectivity index (χ3v) is 4.76. The van der Waals surface area contributed by atoms with Crippen molar-refractivity contribution in [2.24, 2.45) is 0 Å². The Balaban J connectivity index is 2.13. The van der Waals surface area contributed by atoms with Crippen LogP contribution in [0.4, 0.5) is 0 Å². The lowest BCUT2D eigenvalue weighted by atomic mass is 9.66. The Morgan fingerprint density at radius 1 is 0.857 bits per heavy atom. The molecule has 0 aromatic heterocycles. The van der Waals surface area contributed by atoms with Crippen LogP contribution in [0.3, 0.4) is 0 Å². The molecule has 1 aliphatic rings. The predicted molar refractivity (Wildman–Crippen MR) is 87.7 cm³/mol. The van der Waals surface area contributed by atoms with Crippen LogP contribution in [0.25, 0.3) is 11.1 Å². The predicted octanol–water partition coefficient (Wildman–Crippen LogP) is 5.39. The minimum absolute atomic E-state index is 0.285. The molecular formula is C20H22O. The van der Waals surface area contributed by atoms with Crippen molar-refractivity contribution in [3.63, 3.8) is 0 Å². The summed E-state index contributed by atoms with van der Waals surface area (Å²) in [5.74, 6) is 0.285. The molecule has 0 fully saturated rings. The highest BCUT2D eigenvalue weighted by molar-refractivity contribution is 6.12. The Bertz CT molecular complexity index is 671. The van der Waals surface area contributed by atoms with Gasteiger partial charge in [-0.15, -0.1) is 0 Å². The quantitative estimate of drug-likeness (QED) is 0.685. The fourth-order valence-electron chi connectivity index (χ4n) is 3.51. The van der Waals surface area contributed by atoms with Crippen LogP contribution in [0.2, 0.25) is 0 Å². The molecule has 1 atom stereocenters. The molecule has 21 heavy (non-hydrogen) atoms. The van der Waals surface area contributed by atoms with Crippen molar-refractivity contribution in [3.8, 4) is 11.1 Å². The van der Waals surface area contributed by atoms with Gasteiger partial charge in [-0.3, -0.25) is 4.79 Å². The molecule has 108 valence electrons. The summed E-state index contributed by atoms with van der Waals surface area (Å²) in [4.78, 5) is 13.1. The molecule has 0 saturated carbocycles. The standard InChI is InChI=1S/C20H22O/c1-3-4-9-14-20(2)18-13-8-7-11-16(18)15-10-5-6-12-17(15)19(20)21/h5-8,10-13H,3-4,9,14H2,1-2H3. The molecule has 1 unspecified atom stereocenters. The molecule has 0 bridgehead atoms. The van der Waals surface area contributed by atoms with E-state index in [1.807, 2.05) is 18.2 Å². The molecule has 3 rings (SSSR count). The zero-order valence-electron chi connectivity index (χ0n) is 12.9. The lowest BCUT2D eigenvalue weighted by Gasteiger charge is -2.35. The largest absolute Gasteiger partial charge is 0.293 e. The molecule has 1 nitrogen and oxygen atoms in total. The highest BCUT2D eigenvalue weighted by Gasteiger charge is 2.41. The molecule has 1 heteroatoms. The van der Waals surface area contributed by atoms with Crippen LogP contribution in [-0.4, -0.2) is 5.78 Å². The molecule has 0 N–H and O–H groups in total. The van der Waals surface area contributed by atoms with Crippen LogP contribution in [-0.2, 0) is 5.41 Å². The van der Waals surface area contributed by atoms with Gasteiger partial charge in [0.25, 0.3) is 0 Å². The second-order valence-corrected chi connectivity index (χ2v) is 6.21. The van der Waals surface area contributed by atoms with Gasteiger partial charge in [0.1, 0.15) is 0 Å². The van der Waals surface area contributed by atoms with Crippen molar-refractivity contribution in [1.29, 1.82) is 0 Å². The summed E-state index contributed by atoms with van der Waals surface area (Å²) < 4.78 is 0. The number of carbonyl (C=O) groups is 1. The topological polar surface area (TPSA) is 17.1 Å². The van der Waals surface area contributed by atoms with Gasteiger partial charge in [-0.05, 0) is 30.0 Å². The third-order valence-electron chi connectivity index (χ3n) is 4.76. The van der Waals surface area contributed by atoms with Crippen LogP contribution in [0.1, 0.15) is 55.5 Å². The molecule has 0 radical (unpaired) electrons. The zero-order chi connectivity index (χ0) is 14.9. The normalized spacial score (nSPS) is 20.0. The number of hydrogen-bond acceptors (Lipinski definition) is 1. The van der Waals surface area contributed by atoms with Crippen molar-refractivity contribution in [1.82, 2.24) is 0 Å². The van der Waals surface area contributed by atoms with E-state index in [0.29, 0.717) is 0 Å². The average molecular weight is 278 g/mol. The monoisotopic (exact) mass is 278 g/mol. The molecule has 1 aliphatic carbocycles. The highest BCUT2D eigenvalue weighted by atomic mass is 16.1. The van der Waals surface area contributed by atoms with Gasteiger partial charge in [0.2, 0.25) is 0 Å². The first-order valence-corrected chi connectivity index (χ1v) is 7.92. The number of ketones is 1. The summed E-state index contributed by atoms with van der Waals surface area (Å²) in [6.45, 7) is 4.33. The minimum atomic E-state index is -0.375. The van der Waals surface area contributed by atoms with E-state index in [1.54, 1.807) is 0 Å². The van der Waals surface area contributed by atoms with Crippen molar-refractivity contribution in [2.45, 2.75) is 44.9 Å². The van der Waals surface area contributed by atoms with Gasteiger partial charge in [-0.2, -0.15) is 0 Å². The summed E-state index contributed by atoms with van der Waals surface area (Å²) in [6.07, 6.45) is 4.41. The van der Waals surface area contributed by atoms with Gasteiger partial charge in [0.15, 0.2) is 5.78 Å². The summed E-state index contributed by atoms with van der Waals surface area (Å²) in [6, 6.07) is 16.4. The van der Waals surface area contributed by atoms with Crippen molar-refractivity contribution < 1.29 is 4.79 Å². The fourth-order valence-corrected chi connectivity index (χ4v) is 3.51. The van der Waals surface area contributed by atoms with Gasteiger partial charge in [-0.1, -0.05) is 74.7 Å². The van der Waals surface area contributed by atoms with Gasteiger partial charge in [0, 0.05) is 5.56 Å². The second-order valence-electron chi connectivity index (χ2n) is 6.21. The number of carbonyl (C=O) groups excluding carboxylic acids is 1. The first kappa shape index (κ1) is 14.1. The molecular weight excluding hydrogens is 256 g/mol. The number of hydrogen-bond donors (Lipinski definition) is 0. The van der Waals surface area contributed by atoms with E-state index in [-0.39, 0.29) is 11.2 Å². The number of unbranched alkanes of at least 4 members (excludes halogenated alkanes) is 2. The second kappa shape index (κ2) is 5.48. The molecule has 0 aliphatic heterocycles. The summed E-state index contributed by atoms with van der Waals surface area (Å²) in [7, 11) is 0. The highest BCUT2D eigenvalue weighted by Crippen LogP contribution is 2.45. The molecule has 0 heterocycles. The van der Waals surface area contributed by atoms with Gasteiger partial charge in [0.05, 0.1) is 5.41 Å². The lowest BCUT2D eigenvalue weighted by Crippen LogP contribution is -2.36. The summed E-state index contributed by atoms with van der Waals surface area (Å²) >= 11 is 0. The fraction of sp³-hybridized carbons (Fsp3) is 0.350. The Morgan fingerprint density at radius 2 is 1.48 bits per heavy atom. The Kier molecular flexibility index (Phi) is 3.67. The molecule has 0 amide bonds. The Morgan fingerprint density at radius 3 is 2.19 bits per heavy atom. The van der Waals surface area contributed by atoms with Gasteiger partial charge >= 0.3 is 0 Å². The van der Waals surface area contributed by atoms with Crippen LogP contribution >= 0.6 is 0 Å². The maximum atomic E-state index is 13.1. The zero-order valence-corrected chi connectivity index (χ0v) is 12.9. The smallest absolute Gasteiger partial charge is 0.173 e. The average Bonchev–Trinajstić information content (AvgIpc) is 2.53. The van der Waals surface area contributed by atoms with Crippen molar-refractivity contribution in [3.05, 3.63) is 59.7 Å². The molecule has 2 aromatic rings. The third kappa shape index (κ3) is 2.21. The van der Waals surface area contributed by atoms with Gasteiger partial charge in [-0.25, -0.2) is 0 Å². The van der Waals surface area contributed by atoms with E-state index in [9.17, 15) is 4.79 Å². The van der Waals surface area contributed by atoms with E-state index in [4.69, 9.17) is 0 Å². The first-order chi connectivity index (χ1) is 10.2. The van der Waals surface area contributed by atoms with E-state index in [1.165, 1.54) is 24.0 Å². The lowest BCUT2D eigenvalue weighted by molar-refractivity contribution is 0.0883. The van der Waals surface area contributed by atoms with E-state index < -0.39 is 0 Å². The van der Waals surface area contributed by atoms with E-state index >= 15 is 0 Å². The van der Waals surface area contributed by atoms with Gasteiger partial charge < -0.3 is 0 Å². The number of fused-ring (bicyclic) bond motifs is 3. The number of rotatable bonds is 4. The SMILES string of the molecule is CCCCCC1(C)C(=O)c2ccccc2-c2ccccc21. The van der Waals surface area contributed by atoms with Crippen molar-refractivity contribution >= 4 is 5.78 Å².